The van der Waals surface area contributed by atoms with Gasteiger partial charge in [-0.2, -0.15) is 0 Å². The van der Waals surface area contributed by atoms with Crippen LogP contribution in [0.3, 0.4) is 0 Å². The number of esters is 1. The molecule has 0 bridgehead atoms. The summed E-state index contributed by atoms with van der Waals surface area (Å²) in [5.41, 5.74) is 1.05. The molecule has 0 aliphatic carbocycles. The molecule has 1 aliphatic heterocycles. The first-order valence-electron chi connectivity index (χ1n) is 7.43. The van der Waals surface area contributed by atoms with Crippen molar-refractivity contribution in [2.75, 3.05) is 45.4 Å². The van der Waals surface area contributed by atoms with Crippen LogP contribution in [0.2, 0.25) is 0 Å². The van der Waals surface area contributed by atoms with E-state index in [4.69, 9.17) is 14.2 Å². The number of hydrogen-bond donors (Lipinski definition) is 0. The first-order valence-corrected chi connectivity index (χ1v) is 7.43. The van der Waals surface area contributed by atoms with Gasteiger partial charge < -0.3 is 19.1 Å². The van der Waals surface area contributed by atoms with E-state index in [1.165, 1.54) is 7.11 Å². The van der Waals surface area contributed by atoms with Crippen LogP contribution in [0.15, 0.2) is 6.07 Å². The summed E-state index contributed by atoms with van der Waals surface area (Å²) in [5, 5.41) is 0. The normalized spacial score (nSPS) is 15.9. The highest BCUT2D eigenvalue weighted by Gasteiger charge is 2.22. The largest absolute Gasteiger partial charge is 0.464 e. The Morgan fingerprint density at radius 2 is 2.00 bits per heavy atom. The summed E-state index contributed by atoms with van der Waals surface area (Å²) < 4.78 is 15.5. The van der Waals surface area contributed by atoms with Crippen molar-refractivity contribution in [2.45, 2.75) is 25.9 Å². The van der Waals surface area contributed by atoms with E-state index < -0.39 is 5.97 Å². The van der Waals surface area contributed by atoms with Crippen molar-refractivity contribution in [3.63, 3.8) is 0 Å². The lowest BCUT2D eigenvalue weighted by Gasteiger charge is -2.32. The summed E-state index contributed by atoms with van der Waals surface area (Å²) in [4.78, 5) is 22.4. The Morgan fingerprint density at radius 3 is 2.64 bits per heavy atom. The molecule has 7 heteroatoms. The van der Waals surface area contributed by atoms with Gasteiger partial charge in [0.25, 0.3) is 0 Å². The van der Waals surface area contributed by atoms with E-state index in [0.29, 0.717) is 24.9 Å². The summed E-state index contributed by atoms with van der Waals surface area (Å²) >= 11 is 0. The fraction of sp³-hybridized carbons (Fsp3) is 0.667. The molecule has 7 nitrogen and oxygen atoms in total. The molecule has 0 atom stereocenters. The van der Waals surface area contributed by atoms with Crippen LogP contribution in [0.4, 0.5) is 5.95 Å². The van der Waals surface area contributed by atoms with E-state index in [0.717, 1.165) is 31.6 Å². The quantitative estimate of drug-likeness (QED) is 0.577. The van der Waals surface area contributed by atoms with Crippen LogP contribution in [-0.2, 0) is 14.2 Å². The van der Waals surface area contributed by atoms with Gasteiger partial charge in [0.2, 0.25) is 5.95 Å². The van der Waals surface area contributed by atoms with Gasteiger partial charge >= 0.3 is 5.97 Å². The molecule has 2 rings (SSSR count). The average molecular weight is 309 g/mol. The Hall–Kier alpha value is -1.73. The number of aryl methyl sites for hydroxylation is 1. The maximum atomic E-state index is 11.6. The summed E-state index contributed by atoms with van der Waals surface area (Å²) in [6, 6.07) is 1.63. The lowest BCUT2D eigenvalue weighted by Crippen LogP contribution is -2.38. The molecule has 0 aromatic carbocycles. The molecule has 2 heterocycles. The molecule has 1 saturated heterocycles. The van der Waals surface area contributed by atoms with Gasteiger partial charge in [-0.15, -0.1) is 0 Å². The fourth-order valence-electron chi connectivity index (χ4n) is 2.42. The van der Waals surface area contributed by atoms with Crippen molar-refractivity contribution >= 4 is 11.9 Å². The fourth-order valence-corrected chi connectivity index (χ4v) is 2.42. The van der Waals surface area contributed by atoms with Crippen LogP contribution >= 0.6 is 0 Å². The first kappa shape index (κ1) is 16.6. The average Bonchev–Trinajstić information content (AvgIpc) is 2.54. The Balaban J connectivity index is 1.96. The number of anilines is 1. The van der Waals surface area contributed by atoms with Crippen LogP contribution in [0, 0.1) is 6.92 Å². The van der Waals surface area contributed by atoms with Crippen molar-refractivity contribution < 1.29 is 19.0 Å². The number of ether oxygens (including phenoxy) is 3. The molecule has 0 unspecified atom stereocenters. The number of rotatable bonds is 6. The third-order valence-corrected chi connectivity index (χ3v) is 3.60. The number of aromatic nitrogens is 2. The van der Waals surface area contributed by atoms with Gasteiger partial charge in [0, 0.05) is 25.9 Å². The molecular weight excluding hydrogens is 286 g/mol. The number of carbonyl (C=O) groups excluding carboxylic acids is 1. The first-order chi connectivity index (χ1) is 10.6. The number of methoxy groups -OCH3 is 2. The van der Waals surface area contributed by atoms with E-state index in [1.54, 1.807) is 13.2 Å². The Bertz CT molecular complexity index is 502. The molecule has 1 aromatic heterocycles. The molecule has 0 spiro atoms. The SMILES string of the molecule is COCCOC1CCN(c2nc(C)cc(C(=O)OC)n2)CC1. The molecule has 22 heavy (non-hydrogen) atoms. The zero-order valence-corrected chi connectivity index (χ0v) is 13.4. The molecule has 0 amide bonds. The number of piperidine rings is 1. The number of nitrogens with zero attached hydrogens (tertiary/aromatic N) is 3. The van der Waals surface area contributed by atoms with Crippen LogP contribution in [-0.4, -0.2) is 62.6 Å². The minimum atomic E-state index is -0.440. The van der Waals surface area contributed by atoms with E-state index in [-0.39, 0.29) is 6.10 Å². The highest BCUT2D eigenvalue weighted by Crippen LogP contribution is 2.19. The predicted octanol–water partition coefficient (Wildman–Crippen LogP) is 1.20. The van der Waals surface area contributed by atoms with Gasteiger partial charge in [-0.1, -0.05) is 0 Å². The number of carbonyl (C=O) groups is 1. The number of hydrogen-bond acceptors (Lipinski definition) is 7. The monoisotopic (exact) mass is 309 g/mol. The van der Waals surface area contributed by atoms with Crippen molar-refractivity contribution in [1.82, 2.24) is 9.97 Å². The van der Waals surface area contributed by atoms with E-state index in [9.17, 15) is 4.79 Å². The van der Waals surface area contributed by atoms with Gasteiger partial charge in [0.15, 0.2) is 5.69 Å². The third-order valence-electron chi connectivity index (χ3n) is 3.60. The minimum absolute atomic E-state index is 0.247. The van der Waals surface area contributed by atoms with E-state index >= 15 is 0 Å². The second-order valence-electron chi connectivity index (χ2n) is 5.24. The standard InChI is InChI=1S/C15H23N3O4/c1-11-10-13(14(19)21-3)17-15(16-11)18-6-4-12(5-7-18)22-9-8-20-2/h10,12H,4-9H2,1-3H3. The predicted molar refractivity (Wildman–Crippen MR) is 81.2 cm³/mol. The van der Waals surface area contributed by atoms with Crippen molar-refractivity contribution in [3.05, 3.63) is 17.5 Å². The lowest BCUT2D eigenvalue weighted by molar-refractivity contribution is 0.00597. The Labute approximate surface area is 130 Å². The third kappa shape index (κ3) is 4.38. The topological polar surface area (TPSA) is 73.8 Å². The molecule has 1 aromatic rings. The van der Waals surface area contributed by atoms with Crippen LogP contribution in [0.25, 0.3) is 0 Å². The van der Waals surface area contributed by atoms with Crippen LogP contribution in [0.5, 0.6) is 0 Å². The Morgan fingerprint density at radius 1 is 1.27 bits per heavy atom. The summed E-state index contributed by atoms with van der Waals surface area (Å²) in [7, 11) is 3.02. The summed E-state index contributed by atoms with van der Waals surface area (Å²) in [6.07, 6.45) is 2.07. The summed E-state index contributed by atoms with van der Waals surface area (Å²) in [6.45, 7) is 4.69. The smallest absolute Gasteiger partial charge is 0.356 e. The van der Waals surface area contributed by atoms with Gasteiger partial charge in [0.1, 0.15) is 0 Å². The molecule has 0 saturated carbocycles. The van der Waals surface area contributed by atoms with Gasteiger partial charge in [-0.3, -0.25) is 0 Å². The highest BCUT2D eigenvalue weighted by atomic mass is 16.5. The molecule has 1 aliphatic rings. The second-order valence-corrected chi connectivity index (χ2v) is 5.24. The molecular formula is C15H23N3O4. The molecule has 0 N–H and O–H groups in total. The van der Waals surface area contributed by atoms with Crippen LogP contribution in [0.1, 0.15) is 29.0 Å². The lowest BCUT2D eigenvalue weighted by atomic mass is 10.1. The Kier molecular flexibility index (Phi) is 6.09. The molecule has 0 radical (unpaired) electrons. The van der Waals surface area contributed by atoms with Gasteiger partial charge in [-0.05, 0) is 25.8 Å². The van der Waals surface area contributed by atoms with Crippen LogP contribution < -0.4 is 4.90 Å². The highest BCUT2D eigenvalue weighted by molar-refractivity contribution is 5.87. The zero-order valence-electron chi connectivity index (χ0n) is 13.4. The van der Waals surface area contributed by atoms with Crippen molar-refractivity contribution in [2.24, 2.45) is 0 Å². The molecule has 122 valence electrons. The maximum absolute atomic E-state index is 11.6. The van der Waals surface area contributed by atoms with Gasteiger partial charge in [-0.25, -0.2) is 14.8 Å². The second kappa shape index (κ2) is 8.05. The molecule has 1 fully saturated rings. The summed E-state index contributed by atoms with van der Waals surface area (Å²) in [5.74, 6) is 0.139. The van der Waals surface area contributed by atoms with Gasteiger partial charge in [0.05, 0.1) is 26.4 Å². The maximum Gasteiger partial charge on any atom is 0.356 e. The van der Waals surface area contributed by atoms with Crippen molar-refractivity contribution in [1.29, 1.82) is 0 Å². The minimum Gasteiger partial charge on any atom is -0.464 e. The zero-order chi connectivity index (χ0) is 15.9. The van der Waals surface area contributed by atoms with E-state index in [1.807, 2.05) is 6.92 Å². The van der Waals surface area contributed by atoms with E-state index in [2.05, 4.69) is 14.9 Å². The van der Waals surface area contributed by atoms with Crippen molar-refractivity contribution in [3.8, 4) is 0 Å².